The third-order valence-electron chi connectivity index (χ3n) is 7.13. The molecule has 2 atom stereocenters. The van der Waals surface area contributed by atoms with Crippen LogP contribution in [0.4, 0.5) is 10.5 Å². The van der Waals surface area contributed by atoms with Gasteiger partial charge in [-0.15, -0.1) is 0 Å². The molecule has 1 aliphatic heterocycles. The summed E-state index contributed by atoms with van der Waals surface area (Å²) in [6.07, 6.45) is 0.894. The number of ether oxygens (including phenoxy) is 1. The van der Waals surface area contributed by atoms with Gasteiger partial charge in [-0.1, -0.05) is 48.0 Å². The van der Waals surface area contributed by atoms with Crippen LogP contribution in [0.5, 0.6) is 5.75 Å². The van der Waals surface area contributed by atoms with E-state index in [1.54, 1.807) is 6.07 Å². The second kappa shape index (κ2) is 11.4. The van der Waals surface area contributed by atoms with Gasteiger partial charge in [0.2, 0.25) is 0 Å². The van der Waals surface area contributed by atoms with E-state index in [9.17, 15) is 13.2 Å². The van der Waals surface area contributed by atoms with Gasteiger partial charge in [-0.25, -0.2) is 13.2 Å². The van der Waals surface area contributed by atoms with Crippen LogP contribution in [0.2, 0.25) is 5.02 Å². The van der Waals surface area contributed by atoms with Crippen LogP contribution in [0.15, 0.2) is 59.5 Å². The van der Waals surface area contributed by atoms with Gasteiger partial charge in [-0.2, -0.15) is 0 Å². The predicted octanol–water partition coefficient (Wildman–Crippen LogP) is 5.89. The fourth-order valence-electron chi connectivity index (χ4n) is 4.72. The average Bonchev–Trinajstić information content (AvgIpc) is 2.86. The van der Waals surface area contributed by atoms with E-state index in [2.05, 4.69) is 29.5 Å². The molecule has 38 heavy (non-hydrogen) atoms. The number of methoxy groups -OCH3 is 1. The van der Waals surface area contributed by atoms with Crippen molar-refractivity contribution in [2.24, 2.45) is 0 Å². The molecule has 2 N–H and O–H groups in total. The molecule has 7 nitrogen and oxygen atoms in total. The highest BCUT2D eigenvalue weighted by molar-refractivity contribution is 7.90. The molecule has 0 aliphatic carbocycles. The number of nitrogens with one attached hydrogen (secondary N) is 2. The Labute approximate surface area is 230 Å². The van der Waals surface area contributed by atoms with Crippen LogP contribution >= 0.6 is 11.6 Å². The first-order chi connectivity index (χ1) is 18.0. The molecule has 0 saturated heterocycles. The number of anilines is 1. The smallest absolute Gasteiger partial charge is 0.319 e. The van der Waals surface area contributed by atoms with E-state index in [4.69, 9.17) is 16.3 Å². The molecule has 1 aliphatic rings. The summed E-state index contributed by atoms with van der Waals surface area (Å²) in [6.45, 7) is 6.78. The van der Waals surface area contributed by atoms with E-state index in [0.717, 1.165) is 29.7 Å². The van der Waals surface area contributed by atoms with Crippen molar-refractivity contribution in [3.8, 4) is 5.75 Å². The van der Waals surface area contributed by atoms with Gasteiger partial charge in [0.1, 0.15) is 5.75 Å². The topological polar surface area (TPSA) is 87.7 Å². The lowest BCUT2D eigenvalue weighted by atomic mass is 9.94. The molecule has 0 bridgehead atoms. The summed E-state index contributed by atoms with van der Waals surface area (Å²) in [4.78, 5) is 15.1. The quantitative estimate of drug-likeness (QED) is 0.379. The first-order valence-electron chi connectivity index (χ1n) is 12.5. The van der Waals surface area contributed by atoms with E-state index in [1.807, 2.05) is 50.2 Å². The summed E-state index contributed by atoms with van der Waals surface area (Å²) in [7, 11) is -0.104. The van der Waals surface area contributed by atoms with E-state index >= 15 is 0 Å². The lowest BCUT2D eigenvalue weighted by Gasteiger charge is -2.31. The number of hydrogen-bond acceptors (Lipinski definition) is 5. The number of halogens is 1. The van der Waals surface area contributed by atoms with Crippen LogP contribution in [-0.4, -0.2) is 39.5 Å². The molecule has 3 aromatic rings. The summed E-state index contributed by atoms with van der Waals surface area (Å²) in [5.74, 6) is 0.139. The van der Waals surface area contributed by atoms with E-state index in [1.165, 1.54) is 30.4 Å². The van der Waals surface area contributed by atoms with Gasteiger partial charge in [0.05, 0.1) is 29.5 Å². The van der Waals surface area contributed by atoms with E-state index in [0.29, 0.717) is 16.8 Å². The number of urea groups is 1. The molecule has 2 amide bonds. The SMILES string of the molecule is COc1cc(S(=O)(=O)Cc2ccc3c(c2)CC(C)N(C)C3)ccc1NC(=O)NC(C)c1cccc(C)c1Cl. The molecule has 0 fully saturated rings. The Hall–Kier alpha value is -3.07. The highest BCUT2D eigenvalue weighted by Gasteiger charge is 2.23. The molecule has 1 heterocycles. The van der Waals surface area contributed by atoms with E-state index in [-0.39, 0.29) is 22.4 Å². The number of aryl methyl sites for hydroxylation is 1. The van der Waals surface area contributed by atoms with Crippen LogP contribution in [0.25, 0.3) is 0 Å². The maximum atomic E-state index is 13.3. The van der Waals surface area contributed by atoms with Gasteiger partial charge in [-0.3, -0.25) is 4.90 Å². The van der Waals surface area contributed by atoms with Crippen molar-refractivity contribution >= 4 is 33.2 Å². The molecule has 202 valence electrons. The molecule has 0 spiro atoms. The van der Waals surface area contributed by atoms with Crippen LogP contribution < -0.4 is 15.4 Å². The van der Waals surface area contributed by atoms with Gasteiger partial charge in [0, 0.05) is 23.7 Å². The number of carbonyl (C=O) groups is 1. The third kappa shape index (κ3) is 6.14. The normalized spacial score (nSPS) is 16.4. The number of carbonyl (C=O) groups excluding carboxylic acids is 1. The number of rotatable bonds is 7. The lowest BCUT2D eigenvalue weighted by Crippen LogP contribution is -2.35. The summed E-state index contributed by atoms with van der Waals surface area (Å²) < 4.78 is 32.0. The maximum absolute atomic E-state index is 13.3. The number of benzene rings is 3. The Morgan fingerprint density at radius 2 is 1.92 bits per heavy atom. The molecule has 2 unspecified atom stereocenters. The number of amides is 2. The second-order valence-corrected chi connectivity index (χ2v) is 12.4. The zero-order chi connectivity index (χ0) is 27.6. The number of likely N-dealkylation sites (N-methyl/N-ethyl adjacent to an activating group) is 1. The lowest BCUT2D eigenvalue weighted by molar-refractivity contribution is 0.231. The molecular weight excluding hydrogens is 522 g/mol. The van der Waals surface area contributed by atoms with Gasteiger partial charge in [-0.05, 0) is 74.2 Å². The van der Waals surface area contributed by atoms with Gasteiger partial charge in [0.25, 0.3) is 0 Å². The largest absolute Gasteiger partial charge is 0.495 e. The zero-order valence-electron chi connectivity index (χ0n) is 22.3. The van der Waals surface area contributed by atoms with Crippen molar-refractivity contribution in [1.82, 2.24) is 10.2 Å². The third-order valence-corrected chi connectivity index (χ3v) is 9.33. The first kappa shape index (κ1) is 28.0. The van der Waals surface area contributed by atoms with Crippen molar-refractivity contribution < 1.29 is 17.9 Å². The van der Waals surface area contributed by atoms with Crippen LogP contribution in [0, 0.1) is 6.92 Å². The fraction of sp³-hybridized carbons (Fsp3) is 0.345. The van der Waals surface area contributed by atoms with E-state index < -0.39 is 15.9 Å². The molecule has 0 aromatic heterocycles. The number of sulfone groups is 1. The Morgan fingerprint density at radius 3 is 2.66 bits per heavy atom. The number of hydrogen-bond donors (Lipinski definition) is 2. The van der Waals surface area contributed by atoms with Gasteiger partial charge in [0.15, 0.2) is 9.84 Å². The number of nitrogens with zero attached hydrogens (tertiary/aromatic N) is 1. The zero-order valence-corrected chi connectivity index (χ0v) is 23.9. The van der Waals surface area contributed by atoms with Crippen LogP contribution in [-0.2, 0) is 28.6 Å². The average molecular weight is 556 g/mol. The summed E-state index contributed by atoms with van der Waals surface area (Å²) in [5, 5.41) is 6.22. The molecule has 0 radical (unpaired) electrons. The standard InChI is InChI=1S/C29H34ClN3O4S/c1-18-7-6-8-25(28(18)30)20(3)31-29(34)32-26-12-11-24(15-27(26)37-5)38(35,36)17-21-9-10-22-16-33(4)19(2)13-23(22)14-21/h6-12,14-15,19-20H,13,16-17H2,1-5H3,(H2,31,32,34). The predicted molar refractivity (Wildman–Crippen MR) is 152 cm³/mol. The Balaban J connectivity index is 1.47. The molecule has 3 aromatic carbocycles. The van der Waals surface area contributed by atoms with Crippen molar-refractivity contribution in [2.45, 2.75) is 56.5 Å². The summed E-state index contributed by atoms with van der Waals surface area (Å²) in [6, 6.07) is 15.7. The Morgan fingerprint density at radius 1 is 1.16 bits per heavy atom. The Kier molecular flexibility index (Phi) is 8.35. The minimum atomic E-state index is -3.64. The minimum absolute atomic E-state index is 0.115. The van der Waals surface area contributed by atoms with Crippen molar-refractivity contribution in [1.29, 1.82) is 0 Å². The molecule has 4 rings (SSSR count). The van der Waals surface area contributed by atoms with Crippen molar-refractivity contribution in [3.05, 3.63) is 87.4 Å². The van der Waals surface area contributed by atoms with Crippen LogP contribution in [0.3, 0.4) is 0 Å². The highest BCUT2D eigenvalue weighted by Crippen LogP contribution is 2.31. The minimum Gasteiger partial charge on any atom is -0.495 e. The summed E-state index contributed by atoms with van der Waals surface area (Å²) in [5.41, 5.74) is 5.28. The second-order valence-electron chi connectivity index (χ2n) is 9.99. The molecular formula is C29H34ClN3O4S. The molecule has 9 heteroatoms. The number of fused-ring (bicyclic) bond motifs is 1. The maximum Gasteiger partial charge on any atom is 0.319 e. The first-order valence-corrected chi connectivity index (χ1v) is 14.6. The summed E-state index contributed by atoms with van der Waals surface area (Å²) >= 11 is 6.39. The van der Waals surface area contributed by atoms with Gasteiger partial charge >= 0.3 is 6.03 Å². The fourth-order valence-corrected chi connectivity index (χ4v) is 6.36. The highest BCUT2D eigenvalue weighted by atomic mass is 35.5. The molecule has 0 saturated carbocycles. The Bertz CT molecular complexity index is 1460. The van der Waals surface area contributed by atoms with Crippen molar-refractivity contribution in [2.75, 3.05) is 19.5 Å². The monoisotopic (exact) mass is 555 g/mol. The van der Waals surface area contributed by atoms with Gasteiger partial charge < -0.3 is 15.4 Å². The van der Waals surface area contributed by atoms with Crippen molar-refractivity contribution in [3.63, 3.8) is 0 Å². The van der Waals surface area contributed by atoms with Crippen LogP contribution in [0.1, 0.15) is 47.7 Å².